The highest BCUT2D eigenvalue weighted by atomic mass is 16.4. The molecule has 1 amide bonds. The number of benzene rings is 1. The van der Waals surface area contributed by atoms with E-state index >= 15 is 0 Å². The van der Waals surface area contributed by atoms with Crippen molar-refractivity contribution in [3.63, 3.8) is 0 Å². The van der Waals surface area contributed by atoms with Crippen molar-refractivity contribution >= 4 is 23.3 Å². The fourth-order valence-corrected chi connectivity index (χ4v) is 3.36. The van der Waals surface area contributed by atoms with Gasteiger partial charge >= 0.3 is 5.97 Å². The summed E-state index contributed by atoms with van der Waals surface area (Å²) in [5.41, 5.74) is 0.998. The number of aliphatic carboxylic acids is 1. The van der Waals surface area contributed by atoms with Crippen LogP contribution in [0.25, 0.3) is 0 Å². The number of piperidine rings is 1. The quantitative estimate of drug-likeness (QED) is 0.792. The van der Waals surface area contributed by atoms with Gasteiger partial charge in [-0.3, -0.25) is 9.59 Å². The van der Waals surface area contributed by atoms with Gasteiger partial charge in [0.25, 0.3) is 5.91 Å². The smallest absolute Gasteiger partial charge is 0.313 e. The van der Waals surface area contributed by atoms with Gasteiger partial charge in [0, 0.05) is 13.1 Å². The minimum absolute atomic E-state index is 0.0507. The van der Waals surface area contributed by atoms with Crippen LogP contribution in [0.4, 0.5) is 11.4 Å². The van der Waals surface area contributed by atoms with Gasteiger partial charge in [-0.1, -0.05) is 13.0 Å². The van der Waals surface area contributed by atoms with Gasteiger partial charge in [0.05, 0.1) is 16.8 Å². The van der Waals surface area contributed by atoms with Gasteiger partial charge < -0.3 is 19.7 Å². The van der Waals surface area contributed by atoms with Crippen molar-refractivity contribution in [2.45, 2.75) is 39.0 Å². The fraction of sp³-hybridized carbons (Fsp3) is 0.409. The molecule has 3 rings (SSSR count). The summed E-state index contributed by atoms with van der Waals surface area (Å²) < 4.78 is 5.21. The second kappa shape index (κ2) is 8.00. The first-order chi connectivity index (χ1) is 13.7. The topological polar surface area (TPSA) is 107 Å². The highest BCUT2D eigenvalue weighted by Crippen LogP contribution is 2.35. The average molecular weight is 395 g/mol. The first-order valence-corrected chi connectivity index (χ1v) is 9.66. The van der Waals surface area contributed by atoms with Crippen molar-refractivity contribution in [2.75, 3.05) is 23.3 Å². The standard InChI is InChI=1S/C22H25N3O4/c1-14-8-10-25(11-9-14)18-12-15(22(2,3)21(27)28)4-6-17(18)24-20(26)19-7-5-16(13-23)29-19/h4-7,12,14H,8-11H2,1-3H3,(H,24,26)(H,27,28). The van der Waals surface area contributed by atoms with E-state index in [-0.39, 0.29) is 11.5 Å². The summed E-state index contributed by atoms with van der Waals surface area (Å²) in [4.78, 5) is 26.5. The Morgan fingerprint density at radius 1 is 1.24 bits per heavy atom. The Morgan fingerprint density at radius 2 is 1.93 bits per heavy atom. The number of nitrogens with one attached hydrogen (secondary N) is 1. The second-order valence-corrected chi connectivity index (χ2v) is 8.06. The molecule has 1 saturated heterocycles. The molecule has 2 aromatic rings. The summed E-state index contributed by atoms with van der Waals surface area (Å²) in [6.45, 7) is 7.21. The Bertz CT molecular complexity index is 963. The zero-order chi connectivity index (χ0) is 21.2. The minimum Gasteiger partial charge on any atom is -0.481 e. The number of furan rings is 1. The Balaban J connectivity index is 1.95. The minimum atomic E-state index is -1.05. The van der Waals surface area contributed by atoms with Gasteiger partial charge in [-0.05, 0) is 62.4 Å². The van der Waals surface area contributed by atoms with E-state index in [1.807, 2.05) is 12.1 Å². The normalized spacial score (nSPS) is 15.0. The predicted molar refractivity (Wildman–Crippen MR) is 109 cm³/mol. The third-order valence-electron chi connectivity index (χ3n) is 5.57. The summed E-state index contributed by atoms with van der Waals surface area (Å²) in [7, 11) is 0. The van der Waals surface area contributed by atoms with E-state index in [0.717, 1.165) is 31.6 Å². The van der Waals surface area contributed by atoms with E-state index in [0.29, 0.717) is 17.2 Å². The summed E-state index contributed by atoms with van der Waals surface area (Å²) in [6.07, 6.45) is 2.06. The molecule has 0 atom stereocenters. The molecule has 0 radical (unpaired) electrons. The number of anilines is 2. The molecule has 0 aliphatic carbocycles. The average Bonchev–Trinajstić information content (AvgIpc) is 3.18. The molecule has 2 N–H and O–H groups in total. The van der Waals surface area contributed by atoms with Crippen LogP contribution in [0.3, 0.4) is 0 Å². The molecular formula is C22H25N3O4. The van der Waals surface area contributed by atoms with Crippen molar-refractivity contribution in [3.8, 4) is 6.07 Å². The van der Waals surface area contributed by atoms with E-state index in [4.69, 9.17) is 9.68 Å². The lowest BCUT2D eigenvalue weighted by atomic mass is 9.84. The Morgan fingerprint density at radius 3 is 2.52 bits per heavy atom. The van der Waals surface area contributed by atoms with Crippen LogP contribution in [0.5, 0.6) is 0 Å². The van der Waals surface area contributed by atoms with Crippen molar-refractivity contribution in [2.24, 2.45) is 5.92 Å². The molecule has 7 heteroatoms. The van der Waals surface area contributed by atoms with E-state index in [2.05, 4.69) is 17.1 Å². The molecule has 0 spiro atoms. The van der Waals surface area contributed by atoms with Crippen LogP contribution in [0, 0.1) is 17.2 Å². The third-order valence-corrected chi connectivity index (χ3v) is 5.57. The van der Waals surface area contributed by atoms with Gasteiger partial charge in [0.1, 0.15) is 6.07 Å². The molecule has 152 valence electrons. The molecule has 1 fully saturated rings. The zero-order valence-corrected chi connectivity index (χ0v) is 16.9. The number of carbonyl (C=O) groups is 2. The molecule has 1 aliphatic rings. The first-order valence-electron chi connectivity index (χ1n) is 9.66. The predicted octanol–water partition coefficient (Wildman–Crippen LogP) is 4.00. The van der Waals surface area contributed by atoms with E-state index in [1.54, 1.807) is 26.0 Å². The van der Waals surface area contributed by atoms with Gasteiger partial charge in [0.15, 0.2) is 5.76 Å². The Hall–Kier alpha value is -3.27. The van der Waals surface area contributed by atoms with Crippen LogP contribution in [-0.4, -0.2) is 30.1 Å². The monoisotopic (exact) mass is 395 g/mol. The lowest BCUT2D eigenvalue weighted by molar-refractivity contribution is -0.142. The summed E-state index contributed by atoms with van der Waals surface area (Å²) >= 11 is 0. The first kappa shape index (κ1) is 20.5. The van der Waals surface area contributed by atoms with Gasteiger partial charge in [0.2, 0.25) is 5.76 Å². The summed E-state index contributed by atoms with van der Waals surface area (Å²) in [6, 6.07) is 10.1. The molecule has 29 heavy (non-hydrogen) atoms. The molecular weight excluding hydrogens is 370 g/mol. The number of carboxylic acids is 1. The molecule has 1 aliphatic heterocycles. The number of rotatable bonds is 5. The number of hydrogen-bond donors (Lipinski definition) is 2. The molecule has 0 saturated carbocycles. The van der Waals surface area contributed by atoms with E-state index in [9.17, 15) is 14.7 Å². The van der Waals surface area contributed by atoms with Crippen molar-refractivity contribution < 1.29 is 19.1 Å². The Labute approximate surface area is 169 Å². The van der Waals surface area contributed by atoms with Crippen LogP contribution in [-0.2, 0) is 10.2 Å². The highest BCUT2D eigenvalue weighted by molar-refractivity contribution is 6.04. The van der Waals surface area contributed by atoms with Gasteiger partial charge in [-0.25, -0.2) is 0 Å². The number of nitrogens with zero attached hydrogens (tertiary/aromatic N) is 2. The SMILES string of the molecule is CC1CCN(c2cc(C(C)(C)C(=O)O)ccc2NC(=O)c2ccc(C#N)o2)CC1. The van der Waals surface area contributed by atoms with Gasteiger partial charge in [-0.2, -0.15) is 5.26 Å². The Kier molecular flexibility index (Phi) is 5.64. The lowest BCUT2D eigenvalue weighted by Crippen LogP contribution is -2.34. The number of amides is 1. The van der Waals surface area contributed by atoms with Crippen LogP contribution < -0.4 is 10.2 Å². The maximum Gasteiger partial charge on any atom is 0.313 e. The fourth-order valence-electron chi connectivity index (χ4n) is 3.36. The van der Waals surface area contributed by atoms with Crippen molar-refractivity contribution in [1.82, 2.24) is 0 Å². The molecule has 1 aromatic carbocycles. The maximum atomic E-state index is 12.6. The van der Waals surface area contributed by atoms with Crippen molar-refractivity contribution in [1.29, 1.82) is 5.26 Å². The van der Waals surface area contributed by atoms with E-state index in [1.165, 1.54) is 12.1 Å². The second-order valence-electron chi connectivity index (χ2n) is 8.06. The molecule has 2 heterocycles. The van der Waals surface area contributed by atoms with Crippen molar-refractivity contribution in [3.05, 3.63) is 47.4 Å². The summed E-state index contributed by atoms with van der Waals surface area (Å²) in [5, 5.41) is 21.3. The largest absolute Gasteiger partial charge is 0.481 e. The highest BCUT2D eigenvalue weighted by Gasteiger charge is 2.31. The number of carboxylic acid groups (broad SMARTS) is 1. The lowest BCUT2D eigenvalue weighted by Gasteiger charge is -2.34. The summed E-state index contributed by atoms with van der Waals surface area (Å²) in [5.74, 6) is -0.611. The zero-order valence-electron chi connectivity index (χ0n) is 16.9. The van der Waals surface area contributed by atoms with Crippen LogP contribution >= 0.6 is 0 Å². The van der Waals surface area contributed by atoms with E-state index < -0.39 is 17.3 Å². The number of carbonyl (C=O) groups excluding carboxylic acids is 1. The van der Waals surface area contributed by atoms with Crippen LogP contribution in [0.1, 0.15) is 55.5 Å². The van der Waals surface area contributed by atoms with Gasteiger partial charge in [-0.15, -0.1) is 0 Å². The van der Waals surface area contributed by atoms with Crippen LogP contribution in [0.2, 0.25) is 0 Å². The third kappa shape index (κ3) is 4.27. The number of nitriles is 1. The number of hydrogen-bond acceptors (Lipinski definition) is 5. The molecule has 0 unspecified atom stereocenters. The maximum absolute atomic E-state index is 12.6. The molecule has 7 nitrogen and oxygen atoms in total. The molecule has 0 bridgehead atoms. The van der Waals surface area contributed by atoms with Crippen LogP contribution in [0.15, 0.2) is 34.7 Å². The molecule has 1 aromatic heterocycles.